The van der Waals surface area contributed by atoms with Gasteiger partial charge in [0.2, 0.25) is 0 Å². The number of hydrogen-bond donors (Lipinski definition) is 1. The molecule has 1 aromatic rings. The fourth-order valence-electron chi connectivity index (χ4n) is 0.985. The lowest BCUT2D eigenvalue weighted by Crippen LogP contribution is -2.10. The average molecular weight is 382 g/mol. The summed E-state index contributed by atoms with van der Waals surface area (Å²) >= 11 is 7.80. The molecule has 0 aliphatic rings. The molecule has 0 saturated carbocycles. The van der Waals surface area contributed by atoms with E-state index in [2.05, 4.69) is 27.9 Å². The van der Waals surface area contributed by atoms with Gasteiger partial charge in [0, 0.05) is 26.6 Å². The number of alkyl halides is 3. The number of halogens is 5. The molecule has 0 unspecified atom stereocenters. The maximum atomic E-state index is 11.8. The summed E-state index contributed by atoms with van der Waals surface area (Å²) in [5.74, 6) is -0.0117. The van der Waals surface area contributed by atoms with Crippen molar-refractivity contribution in [1.29, 1.82) is 0 Å². The summed E-state index contributed by atoms with van der Waals surface area (Å²) < 4.78 is 36.4. The molecule has 0 heterocycles. The molecule has 1 N–H and O–H groups in total. The Labute approximate surface area is 114 Å². The molecular weight excluding hydrogens is 374 g/mol. The number of nitrogens with one attached hydrogen (secondary N) is 1. The van der Waals surface area contributed by atoms with E-state index in [1.165, 1.54) is 0 Å². The predicted molar refractivity (Wildman–Crippen MR) is 71.2 cm³/mol. The molecule has 7 heteroatoms. The van der Waals surface area contributed by atoms with E-state index in [9.17, 15) is 13.2 Å². The normalized spacial score (nSPS) is 11.6. The smallest absolute Gasteiger partial charge is 0.383 e. The molecule has 0 radical (unpaired) electrons. The van der Waals surface area contributed by atoms with Crippen LogP contribution in [-0.2, 0) is 0 Å². The SMILES string of the molecule is FC(F)(F)SCCNc1ccc(Cl)cc1I. The Bertz CT molecular complexity index is 359. The van der Waals surface area contributed by atoms with E-state index in [0.717, 1.165) is 9.26 Å². The van der Waals surface area contributed by atoms with Crippen molar-refractivity contribution in [3.8, 4) is 0 Å². The van der Waals surface area contributed by atoms with E-state index < -0.39 is 5.51 Å². The third-order valence-electron chi connectivity index (χ3n) is 1.61. The van der Waals surface area contributed by atoms with E-state index >= 15 is 0 Å². The van der Waals surface area contributed by atoms with Gasteiger partial charge in [0.15, 0.2) is 0 Å². The fourth-order valence-corrected chi connectivity index (χ4v) is 2.48. The number of hydrogen-bond acceptors (Lipinski definition) is 2. The molecule has 0 saturated heterocycles. The van der Waals surface area contributed by atoms with Crippen LogP contribution in [0.4, 0.5) is 18.9 Å². The first-order chi connectivity index (χ1) is 7.38. The predicted octanol–water partition coefficient (Wildman–Crippen LogP) is 4.61. The Morgan fingerprint density at radius 2 is 2.06 bits per heavy atom. The van der Waals surface area contributed by atoms with Gasteiger partial charge in [0.05, 0.1) is 0 Å². The second-order valence-electron chi connectivity index (χ2n) is 2.85. The lowest BCUT2D eigenvalue weighted by atomic mass is 10.3. The molecule has 16 heavy (non-hydrogen) atoms. The van der Waals surface area contributed by atoms with Gasteiger partial charge in [-0.25, -0.2) is 0 Å². The second-order valence-corrected chi connectivity index (χ2v) is 5.60. The highest BCUT2D eigenvalue weighted by molar-refractivity contribution is 14.1. The number of rotatable bonds is 4. The zero-order valence-corrected chi connectivity index (χ0v) is 11.7. The first-order valence-electron chi connectivity index (χ1n) is 4.28. The summed E-state index contributed by atoms with van der Waals surface area (Å²) in [4.78, 5) is 0. The average Bonchev–Trinajstić information content (AvgIpc) is 2.13. The van der Waals surface area contributed by atoms with Crippen LogP contribution in [0.25, 0.3) is 0 Å². The van der Waals surface area contributed by atoms with Gasteiger partial charge >= 0.3 is 5.51 Å². The molecule has 90 valence electrons. The van der Waals surface area contributed by atoms with Crippen molar-refractivity contribution >= 4 is 51.6 Å². The van der Waals surface area contributed by atoms with E-state index in [4.69, 9.17) is 11.6 Å². The Hall–Kier alpha value is 0.180. The van der Waals surface area contributed by atoms with Gasteiger partial charge < -0.3 is 5.32 Å². The minimum atomic E-state index is -4.16. The van der Waals surface area contributed by atoms with Crippen LogP contribution >= 0.6 is 46.0 Å². The van der Waals surface area contributed by atoms with E-state index in [1.54, 1.807) is 18.2 Å². The van der Waals surface area contributed by atoms with Gasteiger partial charge in [-0.15, -0.1) is 0 Å². The monoisotopic (exact) mass is 381 g/mol. The van der Waals surface area contributed by atoms with Gasteiger partial charge in [-0.1, -0.05) is 11.6 Å². The molecule has 0 spiro atoms. The lowest BCUT2D eigenvalue weighted by molar-refractivity contribution is -0.0327. The number of anilines is 1. The zero-order valence-electron chi connectivity index (χ0n) is 7.94. The summed E-state index contributed by atoms with van der Waals surface area (Å²) in [7, 11) is 0. The maximum Gasteiger partial charge on any atom is 0.441 e. The van der Waals surface area contributed by atoms with Crippen molar-refractivity contribution in [1.82, 2.24) is 0 Å². The topological polar surface area (TPSA) is 12.0 Å². The summed E-state index contributed by atoms with van der Waals surface area (Å²) in [6.07, 6.45) is 0. The third kappa shape index (κ3) is 5.49. The van der Waals surface area contributed by atoms with Crippen molar-refractivity contribution in [3.05, 3.63) is 26.8 Å². The minimum absolute atomic E-state index is 0.0117. The van der Waals surface area contributed by atoms with Crippen LogP contribution in [0.15, 0.2) is 18.2 Å². The second kappa shape index (κ2) is 6.20. The first-order valence-corrected chi connectivity index (χ1v) is 6.72. The highest BCUT2D eigenvalue weighted by Gasteiger charge is 2.27. The Morgan fingerprint density at radius 3 is 2.62 bits per heavy atom. The van der Waals surface area contributed by atoms with Crippen molar-refractivity contribution < 1.29 is 13.2 Å². The molecule has 0 amide bonds. The Balaban J connectivity index is 2.38. The van der Waals surface area contributed by atoms with Gasteiger partial charge in [0.25, 0.3) is 0 Å². The molecule has 0 atom stereocenters. The largest absolute Gasteiger partial charge is 0.441 e. The van der Waals surface area contributed by atoms with Crippen LogP contribution in [0.5, 0.6) is 0 Å². The van der Waals surface area contributed by atoms with E-state index in [1.807, 2.05) is 0 Å². The standard InChI is InChI=1S/C9H8ClF3INS/c10-6-1-2-8(7(14)5-6)15-3-4-16-9(11,12)13/h1-2,5,15H,3-4H2. The van der Waals surface area contributed by atoms with Gasteiger partial charge in [-0.2, -0.15) is 13.2 Å². The molecule has 0 bridgehead atoms. The zero-order chi connectivity index (χ0) is 12.2. The molecule has 1 rings (SSSR count). The lowest BCUT2D eigenvalue weighted by Gasteiger charge is -2.09. The summed E-state index contributed by atoms with van der Waals surface area (Å²) in [6, 6.07) is 5.20. The summed E-state index contributed by atoms with van der Waals surface area (Å²) in [5, 5.41) is 3.54. The quantitative estimate of drug-likeness (QED) is 0.604. The third-order valence-corrected chi connectivity index (χ3v) is 3.48. The van der Waals surface area contributed by atoms with Crippen molar-refractivity contribution in [2.24, 2.45) is 0 Å². The summed E-state index contributed by atoms with van der Waals surface area (Å²) in [6.45, 7) is 0.266. The highest BCUT2D eigenvalue weighted by Crippen LogP contribution is 2.30. The molecule has 0 aliphatic heterocycles. The van der Waals surface area contributed by atoms with Crippen molar-refractivity contribution in [3.63, 3.8) is 0 Å². The van der Waals surface area contributed by atoms with Crippen LogP contribution in [0, 0.1) is 3.57 Å². The van der Waals surface area contributed by atoms with Crippen molar-refractivity contribution in [2.75, 3.05) is 17.6 Å². The van der Waals surface area contributed by atoms with Crippen LogP contribution in [0.1, 0.15) is 0 Å². The van der Waals surface area contributed by atoms with Crippen LogP contribution in [0.3, 0.4) is 0 Å². The number of benzene rings is 1. The molecule has 0 aromatic heterocycles. The molecular formula is C9H8ClF3INS. The highest BCUT2D eigenvalue weighted by atomic mass is 127. The fraction of sp³-hybridized carbons (Fsp3) is 0.333. The molecule has 1 aromatic carbocycles. The van der Waals surface area contributed by atoms with Gasteiger partial charge in [-0.3, -0.25) is 0 Å². The minimum Gasteiger partial charge on any atom is -0.383 e. The van der Waals surface area contributed by atoms with Crippen LogP contribution in [-0.4, -0.2) is 17.8 Å². The van der Waals surface area contributed by atoms with Gasteiger partial charge in [0.1, 0.15) is 0 Å². The van der Waals surface area contributed by atoms with Gasteiger partial charge in [-0.05, 0) is 52.6 Å². The first kappa shape index (κ1) is 14.2. The maximum absolute atomic E-state index is 11.8. The number of thioether (sulfide) groups is 1. The molecule has 0 fully saturated rings. The summed E-state index contributed by atoms with van der Waals surface area (Å²) in [5.41, 5.74) is -3.36. The molecule has 1 nitrogen and oxygen atoms in total. The van der Waals surface area contributed by atoms with Crippen LogP contribution in [0.2, 0.25) is 5.02 Å². The van der Waals surface area contributed by atoms with Crippen molar-refractivity contribution in [2.45, 2.75) is 5.51 Å². The van der Waals surface area contributed by atoms with Crippen LogP contribution < -0.4 is 5.32 Å². The van der Waals surface area contributed by atoms with E-state index in [-0.39, 0.29) is 24.1 Å². The Morgan fingerprint density at radius 1 is 1.38 bits per heavy atom. The molecule has 0 aliphatic carbocycles. The van der Waals surface area contributed by atoms with E-state index in [0.29, 0.717) is 5.02 Å². The Kier molecular flexibility index (Phi) is 5.52.